The first-order valence-electron chi connectivity index (χ1n) is 5.74. The van der Waals surface area contributed by atoms with E-state index in [2.05, 4.69) is 5.92 Å². The minimum atomic E-state index is -0.834. The number of carboxylic acids is 1. The van der Waals surface area contributed by atoms with E-state index in [1.54, 1.807) is 12.1 Å². The number of hydrogen-bond donors (Lipinski definition) is 1. The standard InChI is InChI=1S/C14H16FNO2/c1-2-9-16(11-8-14(17)18)10-7-12-3-5-13(15)6-4-12/h1,3-6H,7-11H2,(H,17,18). The average Bonchev–Trinajstić information content (AvgIpc) is 2.34. The van der Waals surface area contributed by atoms with Crippen LogP contribution in [0.1, 0.15) is 12.0 Å². The lowest BCUT2D eigenvalue weighted by Gasteiger charge is -2.18. The maximum Gasteiger partial charge on any atom is 0.304 e. The summed E-state index contributed by atoms with van der Waals surface area (Å²) in [6.45, 7) is 1.53. The average molecular weight is 249 g/mol. The molecule has 0 fully saturated rings. The van der Waals surface area contributed by atoms with Crippen LogP contribution in [0.3, 0.4) is 0 Å². The van der Waals surface area contributed by atoms with Gasteiger partial charge in [0.2, 0.25) is 0 Å². The van der Waals surface area contributed by atoms with Crippen molar-refractivity contribution in [1.29, 1.82) is 0 Å². The van der Waals surface area contributed by atoms with Crippen LogP contribution in [-0.2, 0) is 11.2 Å². The highest BCUT2D eigenvalue weighted by Crippen LogP contribution is 2.05. The maximum absolute atomic E-state index is 12.7. The van der Waals surface area contributed by atoms with E-state index in [1.165, 1.54) is 12.1 Å². The highest BCUT2D eigenvalue weighted by atomic mass is 19.1. The molecule has 0 aromatic heterocycles. The summed E-state index contributed by atoms with van der Waals surface area (Å²) in [6.07, 6.45) is 6.03. The van der Waals surface area contributed by atoms with E-state index in [4.69, 9.17) is 11.5 Å². The summed E-state index contributed by atoms with van der Waals surface area (Å²) in [6, 6.07) is 6.28. The molecule has 0 aliphatic heterocycles. The van der Waals surface area contributed by atoms with Crippen molar-refractivity contribution in [3.8, 4) is 12.3 Å². The molecule has 0 saturated carbocycles. The summed E-state index contributed by atoms with van der Waals surface area (Å²) >= 11 is 0. The molecule has 3 nitrogen and oxygen atoms in total. The van der Waals surface area contributed by atoms with Crippen LogP contribution in [-0.4, -0.2) is 35.6 Å². The van der Waals surface area contributed by atoms with Gasteiger partial charge in [-0.15, -0.1) is 6.42 Å². The molecule has 0 aliphatic carbocycles. The van der Waals surface area contributed by atoms with Crippen LogP contribution >= 0.6 is 0 Å². The smallest absolute Gasteiger partial charge is 0.304 e. The first-order valence-corrected chi connectivity index (χ1v) is 5.74. The monoisotopic (exact) mass is 249 g/mol. The second-order valence-electron chi connectivity index (χ2n) is 4.00. The molecule has 0 bridgehead atoms. The number of halogens is 1. The van der Waals surface area contributed by atoms with Crippen LogP contribution in [0.2, 0.25) is 0 Å². The molecule has 4 heteroatoms. The highest BCUT2D eigenvalue weighted by Gasteiger charge is 2.06. The number of nitrogens with zero attached hydrogens (tertiary/aromatic N) is 1. The lowest BCUT2D eigenvalue weighted by atomic mass is 10.1. The van der Waals surface area contributed by atoms with Crippen LogP contribution in [0.5, 0.6) is 0 Å². The Balaban J connectivity index is 2.43. The van der Waals surface area contributed by atoms with Crippen molar-refractivity contribution < 1.29 is 14.3 Å². The second kappa shape index (κ2) is 7.46. The number of terminal acetylenes is 1. The molecular weight excluding hydrogens is 233 g/mol. The number of rotatable bonds is 7. The van der Waals surface area contributed by atoms with Crippen LogP contribution in [0, 0.1) is 18.2 Å². The molecule has 1 aromatic carbocycles. The first kappa shape index (κ1) is 14.2. The number of benzene rings is 1. The van der Waals surface area contributed by atoms with Gasteiger partial charge >= 0.3 is 5.97 Å². The van der Waals surface area contributed by atoms with Gasteiger partial charge in [0.15, 0.2) is 0 Å². The molecular formula is C14H16FNO2. The van der Waals surface area contributed by atoms with Crippen molar-refractivity contribution in [3.05, 3.63) is 35.6 Å². The fraction of sp³-hybridized carbons (Fsp3) is 0.357. The molecule has 0 amide bonds. The van der Waals surface area contributed by atoms with E-state index in [0.29, 0.717) is 19.6 Å². The third-order valence-corrected chi connectivity index (χ3v) is 2.59. The van der Waals surface area contributed by atoms with Crippen LogP contribution in [0.25, 0.3) is 0 Å². The molecule has 0 spiro atoms. The summed E-state index contributed by atoms with van der Waals surface area (Å²) in [5.41, 5.74) is 1.01. The van der Waals surface area contributed by atoms with Gasteiger partial charge in [-0.2, -0.15) is 0 Å². The lowest BCUT2D eigenvalue weighted by molar-refractivity contribution is -0.137. The predicted molar refractivity (Wildman–Crippen MR) is 67.6 cm³/mol. The van der Waals surface area contributed by atoms with Crippen molar-refractivity contribution >= 4 is 5.97 Å². The molecule has 1 rings (SSSR count). The Bertz CT molecular complexity index is 422. The van der Waals surface area contributed by atoms with E-state index in [1.807, 2.05) is 4.90 Å². The fourth-order valence-electron chi connectivity index (χ4n) is 1.59. The summed E-state index contributed by atoms with van der Waals surface area (Å²) in [7, 11) is 0. The van der Waals surface area contributed by atoms with Gasteiger partial charge in [-0.05, 0) is 24.1 Å². The zero-order valence-electron chi connectivity index (χ0n) is 10.1. The van der Waals surface area contributed by atoms with E-state index >= 15 is 0 Å². The topological polar surface area (TPSA) is 40.5 Å². The number of carboxylic acid groups (broad SMARTS) is 1. The van der Waals surface area contributed by atoms with E-state index < -0.39 is 5.97 Å². The predicted octanol–water partition coefficient (Wildman–Crippen LogP) is 1.78. The van der Waals surface area contributed by atoms with Gasteiger partial charge in [0.05, 0.1) is 13.0 Å². The summed E-state index contributed by atoms with van der Waals surface area (Å²) in [4.78, 5) is 12.4. The number of hydrogen-bond acceptors (Lipinski definition) is 2. The van der Waals surface area contributed by atoms with Crippen molar-refractivity contribution in [2.24, 2.45) is 0 Å². The summed E-state index contributed by atoms with van der Waals surface area (Å²) in [5.74, 6) is 1.42. The molecule has 96 valence electrons. The Morgan fingerprint density at radius 2 is 2.00 bits per heavy atom. The Morgan fingerprint density at radius 3 is 2.56 bits per heavy atom. The van der Waals surface area contributed by atoms with E-state index in [0.717, 1.165) is 12.0 Å². The third kappa shape index (κ3) is 5.46. The number of aliphatic carboxylic acids is 1. The summed E-state index contributed by atoms with van der Waals surface area (Å²) < 4.78 is 12.7. The van der Waals surface area contributed by atoms with Crippen molar-refractivity contribution in [2.75, 3.05) is 19.6 Å². The van der Waals surface area contributed by atoms with Gasteiger partial charge in [-0.3, -0.25) is 9.69 Å². The van der Waals surface area contributed by atoms with E-state index in [9.17, 15) is 9.18 Å². The lowest BCUT2D eigenvalue weighted by Crippen LogP contribution is -2.29. The van der Waals surface area contributed by atoms with Gasteiger partial charge in [0.1, 0.15) is 5.82 Å². The SMILES string of the molecule is C#CCN(CCC(=O)O)CCc1ccc(F)cc1. The largest absolute Gasteiger partial charge is 0.481 e. The molecule has 1 aromatic rings. The van der Waals surface area contributed by atoms with Crippen molar-refractivity contribution in [2.45, 2.75) is 12.8 Å². The molecule has 0 atom stereocenters. The maximum atomic E-state index is 12.7. The van der Waals surface area contributed by atoms with Gasteiger partial charge in [-0.1, -0.05) is 18.1 Å². The minimum Gasteiger partial charge on any atom is -0.481 e. The normalized spacial score (nSPS) is 10.3. The zero-order valence-corrected chi connectivity index (χ0v) is 10.1. The van der Waals surface area contributed by atoms with Gasteiger partial charge in [-0.25, -0.2) is 4.39 Å². The molecule has 0 unspecified atom stereocenters. The van der Waals surface area contributed by atoms with Gasteiger partial charge in [0.25, 0.3) is 0 Å². The molecule has 1 N–H and O–H groups in total. The van der Waals surface area contributed by atoms with Crippen LogP contribution < -0.4 is 0 Å². The highest BCUT2D eigenvalue weighted by molar-refractivity contribution is 5.66. The van der Waals surface area contributed by atoms with Crippen LogP contribution in [0.4, 0.5) is 4.39 Å². The minimum absolute atomic E-state index is 0.0745. The van der Waals surface area contributed by atoms with Crippen molar-refractivity contribution in [3.63, 3.8) is 0 Å². The second-order valence-corrected chi connectivity index (χ2v) is 4.00. The molecule has 0 heterocycles. The molecule has 0 aliphatic rings. The van der Waals surface area contributed by atoms with Crippen molar-refractivity contribution in [1.82, 2.24) is 4.90 Å². The third-order valence-electron chi connectivity index (χ3n) is 2.59. The number of carbonyl (C=O) groups is 1. The fourth-order valence-corrected chi connectivity index (χ4v) is 1.59. The van der Waals surface area contributed by atoms with E-state index in [-0.39, 0.29) is 12.2 Å². The Morgan fingerprint density at radius 1 is 1.33 bits per heavy atom. The van der Waals surface area contributed by atoms with Crippen LogP contribution in [0.15, 0.2) is 24.3 Å². The van der Waals surface area contributed by atoms with Gasteiger partial charge < -0.3 is 5.11 Å². The van der Waals surface area contributed by atoms with Gasteiger partial charge in [0, 0.05) is 13.1 Å². The Labute approximate surface area is 106 Å². The quantitative estimate of drug-likeness (QED) is 0.749. The zero-order chi connectivity index (χ0) is 13.4. The molecule has 18 heavy (non-hydrogen) atoms. The molecule has 0 saturated heterocycles. The summed E-state index contributed by atoms with van der Waals surface area (Å²) in [5, 5.41) is 8.63. The Kier molecular flexibility index (Phi) is 5.89. The first-order chi connectivity index (χ1) is 8.61. The Hall–Kier alpha value is -1.86. The molecule has 0 radical (unpaired) electrons.